The van der Waals surface area contributed by atoms with Gasteiger partial charge in [0, 0.05) is 26.2 Å². The topological polar surface area (TPSA) is 104 Å². The van der Waals surface area contributed by atoms with Gasteiger partial charge >= 0.3 is 0 Å². The van der Waals surface area contributed by atoms with Crippen LogP contribution in [-0.2, 0) is 4.79 Å². The molecule has 0 aromatic rings. The van der Waals surface area contributed by atoms with Crippen molar-refractivity contribution in [1.29, 1.82) is 0 Å². The van der Waals surface area contributed by atoms with Crippen molar-refractivity contribution in [3.63, 3.8) is 0 Å². The number of Topliss-reactive ketones (excluding diaryl/α,β-unsaturated/α-hetero) is 1. The summed E-state index contributed by atoms with van der Waals surface area (Å²) in [6.07, 6.45) is -3.62. The molecular weight excluding hydrogens is 288 g/mol. The lowest BCUT2D eigenvalue weighted by molar-refractivity contribution is -0.228. The van der Waals surface area contributed by atoms with Gasteiger partial charge in [0.15, 0.2) is 0 Å². The number of aliphatic hydroxyl groups is 4. The minimum absolute atomic E-state index is 0.318. The third-order valence-electron chi connectivity index (χ3n) is 5.81. The van der Waals surface area contributed by atoms with Crippen molar-refractivity contribution in [2.75, 3.05) is 32.8 Å². The number of ketones is 1. The highest BCUT2D eigenvalue weighted by Crippen LogP contribution is 2.50. The van der Waals surface area contributed by atoms with E-state index < -0.39 is 36.5 Å². The molecule has 0 saturated carbocycles. The van der Waals surface area contributed by atoms with Crippen LogP contribution in [0.3, 0.4) is 0 Å². The van der Waals surface area contributed by atoms with Gasteiger partial charge in [0.2, 0.25) is 0 Å². The van der Waals surface area contributed by atoms with E-state index in [1.165, 1.54) is 0 Å². The largest absolute Gasteiger partial charge is 0.394 e. The number of aliphatic hydroxyl groups excluding tert-OH is 4. The maximum absolute atomic E-state index is 12.8. The molecule has 4 fully saturated rings. The summed E-state index contributed by atoms with van der Waals surface area (Å²) in [7, 11) is 0. The third kappa shape index (κ3) is 2.07. The van der Waals surface area contributed by atoms with Gasteiger partial charge in [-0.2, -0.15) is 0 Å². The molecule has 4 N–H and O–H groups in total. The van der Waals surface area contributed by atoms with Crippen LogP contribution in [0, 0.1) is 10.8 Å². The molecule has 4 aliphatic rings. The van der Waals surface area contributed by atoms with E-state index in [4.69, 9.17) is 5.11 Å². The summed E-state index contributed by atoms with van der Waals surface area (Å²) in [6.45, 7) is 5.68. The van der Waals surface area contributed by atoms with Crippen molar-refractivity contribution in [3.05, 3.63) is 0 Å². The Morgan fingerprint density at radius 1 is 1.18 bits per heavy atom. The first-order chi connectivity index (χ1) is 10.3. The maximum atomic E-state index is 12.8. The Labute approximate surface area is 130 Å². The summed E-state index contributed by atoms with van der Waals surface area (Å²) in [5, 5.41) is 39.1. The van der Waals surface area contributed by atoms with E-state index in [-0.39, 0.29) is 5.41 Å². The number of hydrogen-bond donors (Lipinski definition) is 4. The van der Waals surface area contributed by atoms with E-state index in [9.17, 15) is 20.1 Å². The van der Waals surface area contributed by atoms with Crippen LogP contribution in [0.25, 0.3) is 0 Å². The Morgan fingerprint density at radius 2 is 1.73 bits per heavy atom. The SMILES string of the molecule is CCC12CN3CC(C)(CN(C1)C3[C@H](O)[C@H](O)[C@H](O)CO)C2=O. The molecule has 4 aliphatic heterocycles. The molecule has 4 heterocycles. The summed E-state index contributed by atoms with van der Waals surface area (Å²) in [5.74, 6) is 0.318. The molecule has 0 aliphatic carbocycles. The first-order valence-corrected chi connectivity index (χ1v) is 7.96. The molecule has 2 unspecified atom stereocenters. The molecule has 5 atom stereocenters. The standard InChI is InChI=1S/C15H26N2O5/c1-3-15-7-16-5-14(2,13(15)22)6-17(8-15)12(16)11(21)10(20)9(19)4-18/h9-12,18-21H,3-8H2,1-2H3/t9-,10-,11-,12?,14?,15?/m1/s1. The number of carbonyl (C=O) groups excluding carboxylic acids is 1. The highest BCUT2D eigenvalue weighted by Gasteiger charge is 2.64. The van der Waals surface area contributed by atoms with Gasteiger partial charge in [-0.3, -0.25) is 14.6 Å². The Kier molecular flexibility index (Phi) is 3.87. The van der Waals surface area contributed by atoms with Crippen molar-refractivity contribution in [2.45, 2.75) is 44.7 Å². The molecule has 0 aromatic carbocycles. The smallest absolute Gasteiger partial charge is 0.150 e. The lowest BCUT2D eigenvalue weighted by Crippen LogP contribution is -2.81. The van der Waals surface area contributed by atoms with Crippen molar-refractivity contribution in [1.82, 2.24) is 9.80 Å². The van der Waals surface area contributed by atoms with Gasteiger partial charge in [-0.25, -0.2) is 0 Å². The second kappa shape index (κ2) is 5.22. The quantitative estimate of drug-likeness (QED) is 0.465. The summed E-state index contributed by atoms with van der Waals surface area (Å²) in [4.78, 5) is 16.9. The molecule has 0 radical (unpaired) electrons. The Bertz CT molecular complexity index is 455. The molecule has 0 spiro atoms. The lowest BCUT2D eigenvalue weighted by atomic mass is 9.60. The molecule has 126 valence electrons. The van der Waals surface area contributed by atoms with Gasteiger partial charge in [-0.05, 0) is 6.42 Å². The van der Waals surface area contributed by atoms with Crippen molar-refractivity contribution >= 4 is 5.78 Å². The van der Waals surface area contributed by atoms with Crippen molar-refractivity contribution in [2.24, 2.45) is 10.8 Å². The fourth-order valence-corrected chi connectivity index (χ4v) is 4.75. The second-order valence-corrected chi connectivity index (χ2v) is 7.48. The normalized spacial score (nSPS) is 47.5. The first-order valence-electron chi connectivity index (χ1n) is 7.96. The number of rotatable bonds is 5. The fraction of sp³-hybridized carbons (Fsp3) is 0.933. The van der Waals surface area contributed by atoms with E-state index >= 15 is 0 Å². The average molecular weight is 314 g/mol. The van der Waals surface area contributed by atoms with Crippen molar-refractivity contribution in [3.8, 4) is 0 Å². The van der Waals surface area contributed by atoms with E-state index in [0.717, 1.165) is 6.42 Å². The minimum Gasteiger partial charge on any atom is -0.394 e. The number of carbonyl (C=O) groups is 1. The molecular formula is C15H26N2O5. The van der Waals surface area contributed by atoms with Gasteiger partial charge in [-0.1, -0.05) is 13.8 Å². The monoisotopic (exact) mass is 314 g/mol. The van der Waals surface area contributed by atoms with Crippen LogP contribution in [0.5, 0.6) is 0 Å². The zero-order valence-electron chi connectivity index (χ0n) is 13.1. The molecule has 7 nitrogen and oxygen atoms in total. The van der Waals surface area contributed by atoms with Gasteiger partial charge in [0.25, 0.3) is 0 Å². The van der Waals surface area contributed by atoms with E-state index in [1.54, 1.807) is 0 Å². The van der Waals surface area contributed by atoms with Crippen LogP contribution >= 0.6 is 0 Å². The molecule has 4 bridgehead atoms. The third-order valence-corrected chi connectivity index (χ3v) is 5.81. The molecule has 22 heavy (non-hydrogen) atoms. The number of nitrogens with zero attached hydrogens (tertiary/aromatic N) is 2. The summed E-state index contributed by atoms with van der Waals surface area (Å²) >= 11 is 0. The molecule has 4 rings (SSSR count). The summed E-state index contributed by atoms with van der Waals surface area (Å²) in [6, 6.07) is 0. The predicted octanol–water partition coefficient (Wildman–Crippen LogP) is -2.00. The molecule has 0 amide bonds. The fourth-order valence-electron chi connectivity index (χ4n) is 4.75. The Balaban J connectivity index is 1.86. The van der Waals surface area contributed by atoms with Crippen molar-refractivity contribution < 1.29 is 25.2 Å². The molecule has 0 aromatic heterocycles. The highest BCUT2D eigenvalue weighted by atomic mass is 16.4. The zero-order valence-corrected chi connectivity index (χ0v) is 13.1. The zero-order chi connectivity index (χ0) is 16.3. The maximum Gasteiger partial charge on any atom is 0.150 e. The Morgan fingerprint density at radius 3 is 2.18 bits per heavy atom. The van der Waals surface area contributed by atoms with Gasteiger partial charge in [-0.15, -0.1) is 0 Å². The molecule has 4 saturated heterocycles. The first kappa shape index (κ1) is 16.3. The van der Waals surface area contributed by atoms with E-state index in [0.29, 0.717) is 32.0 Å². The van der Waals surface area contributed by atoms with Crippen LogP contribution < -0.4 is 0 Å². The van der Waals surface area contributed by atoms with Crippen LogP contribution in [0.15, 0.2) is 0 Å². The summed E-state index contributed by atoms with van der Waals surface area (Å²) in [5.41, 5.74) is -0.814. The highest BCUT2D eigenvalue weighted by molar-refractivity contribution is 5.93. The van der Waals surface area contributed by atoms with E-state index in [2.05, 4.69) is 9.80 Å². The minimum atomic E-state index is -1.41. The van der Waals surface area contributed by atoms with Crippen LogP contribution in [0.2, 0.25) is 0 Å². The lowest BCUT2D eigenvalue weighted by Gasteiger charge is -2.66. The van der Waals surface area contributed by atoms with Crippen LogP contribution in [-0.4, -0.2) is 93.3 Å². The van der Waals surface area contributed by atoms with Gasteiger partial charge in [0.1, 0.15) is 24.1 Å². The predicted molar refractivity (Wildman–Crippen MR) is 77.9 cm³/mol. The van der Waals surface area contributed by atoms with Crippen LogP contribution in [0.4, 0.5) is 0 Å². The summed E-state index contributed by atoms with van der Waals surface area (Å²) < 4.78 is 0. The van der Waals surface area contributed by atoms with Gasteiger partial charge < -0.3 is 20.4 Å². The molecule has 7 heteroatoms. The second-order valence-electron chi connectivity index (χ2n) is 7.48. The van der Waals surface area contributed by atoms with Crippen LogP contribution in [0.1, 0.15) is 20.3 Å². The Hall–Kier alpha value is -0.570. The average Bonchev–Trinajstić information content (AvgIpc) is 2.49. The number of hydrogen-bond acceptors (Lipinski definition) is 7. The van der Waals surface area contributed by atoms with E-state index in [1.807, 2.05) is 13.8 Å². The van der Waals surface area contributed by atoms with Gasteiger partial charge in [0.05, 0.1) is 23.6 Å². The number of piperidine rings is 2.